The largest absolute Gasteiger partial charge is 0.462 e. The van der Waals surface area contributed by atoms with E-state index < -0.39 is 11.9 Å². The Labute approximate surface area is 180 Å². The van der Waals surface area contributed by atoms with Gasteiger partial charge in [-0.05, 0) is 48.8 Å². The Morgan fingerprint density at radius 3 is 1.67 bits per heavy atom. The van der Waals surface area contributed by atoms with Crippen molar-refractivity contribution < 1.29 is 23.9 Å². The highest BCUT2D eigenvalue weighted by molar-refractivity contribution is 6.03. The Balaban J connectivity index is 0.000000375. The van der Waals surface area contributed by atoms with Crippen molar-refractivity contribution in [2.24, 2.45) is 17.3 Å². The summed E-state index contributed by atoms with van der Waals surface area (Å²) in [5, 5.41) is 0. The average molecular weight is 417 g/mol. The summed E-state index contributed by atoms with van der Waals surface area (Å²) >= 11 is 0. The van der Waals surface area contributed by atoms with Crippen LogP contribution in [0.5, 0.6) is 0 Å². The van der Waals surface area contributed by atoms with Crippen molar-refractivity contribution in [1.82, 2.24) is 0 Å². The lowest BCUT2D eigenvalue weighted by Gasteiger charge is -2.27. The van der Waals surface area contributed by atoms with Crippen molar-refractivity contribution in [3.8, 4) is 0 Å². The third-order valence-electron chi connectivity index (χ3n) is 4.28. The summed E-state index contributed by atoms with van der Waals surface area (Å²) in [6, 6.07) is 6.56. The molecule has 0 spiro atoms. The number of allylic oxidation sites excluding steroid dienone is 2. The third-order valence-corrected chi connectivity index (χ3v) is 4.28. The molecule has 0 saturated heterocycles. The first-order valence-corrected chi connectivity index (χ1v) is 10.5. The van der Waals surface area contributed by atoms with Gasteiger partial charge in [-0.2, -0.15) is 0 Å². The smallest absolute Gasteiger partial charge is 0.339 e. The standard InChI is InChI=1S/C16H22O4.C9H14O/c1-11(2)9-19-15(17)13-7-5-6-8-14(13)16(18)20-10-12(3)4;1-7-4-8(10)6-9(2,3)5-7/h5-8,11-12H,9-10H2,1-4H3;4H,5-6H2,1-3H3. The summed E-state index contributed by atoms with van der Waals surface area (Å²) in [6.07, 6.45) is 3.55. The number of esters is 2. The summed E-state index contributed by atoms with van der Waals surface area (Å²) in [7, 11) is 0. The van der Waals surface area contributed by atoms with Gasteiger partial charge in [-0.3, -0.25) is 4.79 Å². The maximum atomic E-state index is 12.0. The van der Waals surface area contributed by atoms with Crippen LogP contribution in [0.15, 0.2) is 35.9 Å². The molecule has 0 N–H and O–H groups in total. The van der Waals surface area contributed by atoms with Crippen molar-refractivity contribution in [3.05, 3.63) is 47.0 Å². The van der Waals surface area contributed by atoms with E-state index in [1.54, 1.807) is 30.3 Å². The molecule has 2 rings (SSSR count). The molecule has 0 aromatic heterocycles. The molecule has 0 bridgehead atoms. The van der Waals surface area contributed by atoms with Crippen LogP contribution in [0, 0.1) is 17.3 Å². The lowest BCUT2D eigenvalue weighted by atomic mass is 9.77. The maximum absolute atomic E-state index is 12.0. The van der Waals surface area contributed by atoms with Crippen LogP contribution in [0.25, 0.3) is 0 Å². The van der Waals surface area contributed by atoms with Gasteiger partial charge in [-0.15, -0.1) is 0 Å². The Morgan fingerprint density at radius 2 is 1.33 bits per heavy atom. The molecule has 0 heterocycles. The molecule has 30 heavy (non-hydrogen) atoms. The monoisotopic (exact) mass is 416 g/mol. The number of carbonyl (C=O) groups is 3. The number of hydrogen-bond acceptors (Lipinski definition) is 5. The average Bonchev–Trinajstić information content (AvgIpc) is 2.62. The number of hydrogen-bond donors (Lipinski definition) is 0. The van der Waals surface area contributed by atoms with Gasteiger partial charge in [-0.25, -0.2) is 9.59 Å². The van der Waals surface area contributed by atoms with Gasteiger partial charge in [0.15, 0.2) is 5.78 Å². The van der Waals surface area contributed by atoms with Gasteiger partial charge in [0.05, 0.1) is 24.3 Å². The van der Waals surface area contributed by atoms with Crippen molar-refractivity contribution in [2.45, 2.75) is 61.3 Å². The molecule has 0 radical (unpaired) electrons. The van der Waals surface area contributed by atoms with Crippen LogP contribution >= 0.6 is 0 Å². The van der Waals surface area contributed by atoms with Crippen LogP contribution in [0.1, 0.15) is 82.0 Å². The summed E-state index contributed by atoms with van der Waals surface area (Å²) in [6.45, 7) is 14.8. The van der Waals surface area contributed by atoms with E-state index in [2.05, 4.69) is 13.8 Å². The number of ether oxygens (including phenoxy) is 2. The van der Waals surface area contributed by atoms with Crippen LogP contribution in [0.2, 0.25) is 0 Å². The first-order chi connectivity index (χ1) is 13.9. The SMILES string of the molecule is CC(C)COC(=O)c1ccccc1C(=O)OCC(C)C.CC1=CC(=O)CC(C)(C)C1. The molecular formula is C25H36O5. The molecule has 0 atom stereocenters. The van der Waals surface area contributed by atoms with Gasteiger partial charge >= 0.3 is 11.9 Å². The molecule has 1 aliphatic carbocycles. The number of rotatable bonds is 6. The van der Waals surface area contributed by atoms with Crippen LogP contribution in [0.4, 0.5) is 0 Å². The van der Waals surface area contributed by atoms with Gasteiger partial charge < -0.3 is 9.47 Å². The molecule has 0 amide bonds. The van der Waals surface area contributed by atoms with E-state index in [9.17, 15) is 14.4 Å². The fourth-order valence-corrected chi connectivity index (χ4v) is 3.15. The third kappa shape index (κ3) is 9.38. The summed E-state index contributed by atoms with van der Waals surface area (Å²) in [5.74, 6) is -0.196. The second-order valence-electron chi connectivity index (χ2n) is 9.50. The molecule has 0 fully saturated rings. The molecule has 1 aliphatic rings. The minimum absolute atomic E-state index is 0.204. The molecule has 166 valence electrons. The van der Waals surface area contributed by atoms with Crippen molar-refractivity contribution >= 4 is 17.7 Å². The molecule has 1 aromatic carbocycles. The number of ketones is 1. The van der Waals surface area contributed by atoms with Crippen LogP contribution in [0.3, 0.4) is 0 Å². The molecule has 1 aromatic rings. The Kier molecular flexibility index (Phi) is 9.97. The highest BCUT2D eigenvalue weighted by atomic mass is 16.5. The predicted molar refractivity (Wildman–Crippen MR) is 118 cm³/mol. The summed E-state index contributed by atoms with van der Waals surface area (Å²) < 4.78 is 10.3. The van der Waals surface area contributed by atoms with Crippen LogP contribution in [-0.4, -0.2) is 30.9 Å². The molecule has 5 nitrogen and oxygen atoms in total. The number of benzene rings is 1. The Morgan fingerprint density at radius 1 is 0.900 bits per heavy atom. The lowest BCUT2D eigenvalue weighted by Crippen LogP contribution is -2.20. The van der Waals surface area contributed by atoms with Gasteiger partial charge in [0.1, 0.15) is 0 Å². The highest BCUT2D eigenvalue weighted by Crippen LogP contribution is 2.32. The summed E-state index contributed by atoms with van der Waals surface area (Å²) in [5.41, 5.74) is 1.93. The minimum atomic E-state index is -0.490. The quantitative estimate of drug-likeness (QED) is 0.562. The minimum Gasteiger partial charge on any atom is -0.462 e. The van der Waals surface area contributed by atoms with Gasteiger partial charge in [0.2, 0.25) is 0 Å². The van der Waals surface area contributed by atoms with Gasteiger partial charge in [-0.1, -0.05) is 59.2 Å². The van der Waals surface area contributed by atoms with Gasteiger partial charge in [0, 0.05) is 6.42 Å². The van der Waals surface area contributed by atoms with Gasteiger partial charge in [0.25, 0.3) is 0 Å². The first-order valence-electron chi connectivity index (χ1n) is 10.5. The molecular weight excluding hydrogens is 380 g/mol. The molecule has 5 heteroatoms. The molecule has 0 unspecified atom stereocenters. The fraction of sp³-hybridized carbons (Fsp3) is 0.560. The zero-order valence-electron chi connectivity index (χ0n) is 19.4. The van der Waals surface area contributed by atoms with E-state index in [1.807, 2.05) is 34.6 Å². The van der Waals surface area contributed by atoms with E-state index in [0.29, 0.717) is 19.6 Å². The topological polar surface area (TPSA) is 69.7 Å². The van der Waals surface area contributed by atoms with E-state index in [-0.39, 0.29) is 34.2 Å². The normalized spacial score (nSPS) is 15.2. The second-order valence-corrected chi connectivity index (χ2v) is 9.50. The van der Waals surface area contributed by atoms with Crippen molar-refractivity contribution in [1.29, 1.82) is 0 Å². The highest BCUT2D eigenvalue weighted by Gasteiger charge is 2.25. The Bertz CT molecular complexity index is 728. The van der Waals surface area contributed by atoms with E-state index in [1.165, 1.54) is 5.57 Å². The zero-order valence-corrected chi connectivity index (χ0v) is 19.4. The van der Waals surface area contributed by atoms with E-state index in [0.717, 1.165) is 6.42 Å². The van der Waals surface area contributed by atoms with Crippen molar-refractivity contribution in [2.75, 3.05) is 13.2 Å². The predicted octanol–water partition coefficient (Wildman–Crippen LogP) is 5.63. The Hall–Kier alpha value is -2.43. The second kappa shape index (κ2) is 11.7. The lowest BCUT2D eigenvalue weighted by molar-refractivity contribution is -0.117. The van der Waals surface area contributed by atoms with E-state index >= 15 is 0 Å². The maximum Gasteiger partial charge on any atom is 0.339 e. The van der Waals surface area contributed by atoms with Crippen LogP contribution in [-0.2, 0) is 14.3 Å². The number of carbonyl (C=O) groups excluding carboxylic acids is 3. The van der Waals surface area contributed by atoms with Crippen molar-refractivity contribution in [3.63, 3.8) is 0 Å². The molecule has 0 saturated carbocycles. The summed E-state index contributed by atoms with van der Waals surface area (Å²) in [4.78, 5) is 35.0. The zero-order chi connectivity index (χ0) is 22.9. The molecule has 0 aliphatic heterocycles. The van der Waals surface area contributed by atoms with E-state index in [4.69, 9.17) is 9.47 Å². The first kappa shape index (κ1) is 25.6. The fourth-order valence-electron chi connectivity index (χ4n) is 3.15. The van der Waals surface area contributed by atoms with Crippen LogP contribution < -0.4 is 0 Å².